The summed E-state index contributed by atoms with van der Waals surface area (Å²) < 4.78 is 4.70. The number of carbonyl (C=O) groups is 1. The van der Waals surface area contributed by atoms with E-state index in [9.17, 15) is 4.79 Å². The predicted molar refractivity (Wildman–Crippen MR) is 73.3 cm³/mol. The number of hydrogen-bond donors (Lipinski definition) is 0. The second-order valence-corrected chi connectivity index (χ2v) is 4.62. The minimum absolute atomic E-state index is 0.278. The van der Waals surface area contributed by atoms with Gasteiger partial charge >= 0.3 is 5.97 Å². The number of halogens is 1. The van der Waals surface area contributed by atoms with Gasteiger partial charge in [0, 0.05) is 18.0 Å². The summed E-state index contributed by atoms with van der Waals surface area (Å²) >= 11 is 5.93. The molecule has 19 heavy (non-hydrogen) atoms. The summed E-state index contributed by atoms with van der Waals surface area (Å²) in [6.07, 6.45) is 3.22. The maximum atomic E-state index is 11.6. The average Bonchev–Trinajstić information content (AvgIpc) is 2.40. The molecule has 2 aromatic heterocycles. The largest absolute Gasteiger partial charge is 0.464 e. The van der Waals surface area contributed by atoms with E-state index in [2.05, 4.69) is 9.97 Å². The number of ether oxygens (including phenoxy) is 1. The molecule has 2 aromatic rings. The van der Waals surface area contributed by atoms with Crippen LogP contribution in [-0.2, 0) is 4.74 Å². The third-order valence-electron chi connectivity index (χ3n) is 2.91. The first-order chi connectivity index (χ1) is 9.02. The van der Waals surface area contributed by atoms with Crippen molar-refractivity contribution in [1.29, 1.82) is 0 Å². The maximum Gasteiger partial charge on any atom is 0.356 e. The maximum absolute atomic E-state index is 11.6. The molecule has 0 saturated carbocycles. The van der Waals surface area contributed by atoms with Gasteiger partial charge in [0.1, 0.15) is 5.69 Å². The van der Waals surface area contributed by atoms with Crippen molar-refractivity contribution in [2.75, 3.05) is 7.11 Å². The summed E-state index contributed by atoms with van der Waals surface area (Å²) in [7, 11) is 1.33. The summed E-state index contributed by atoms with van der Waals surface area (Å²) in [4.78, 5) is 20.0. The van der Waals surface area contributed by atoms with E-state index in [1.807, 2.05) is 13.8 Å². The van der Waals surface area contributed by atoms with Gasteiger partial charge in [-0.3, -0.25) is 4.98 Å². The number of carbonyl (C=O) groups excluding carboxylic acids is 1. The average molecular weight is 277 g/mol. The Morgan fingerprint density at radius 1 is 1.26 bits per heavy atom. The fourth-order valence-corrected chi connectivity index (χ4v) is 1.94. The lowest BCUT2D eigenvalue weighted by Gasteiger charge is -2.10. The molecule has 0 radical (unpaired) electrons. The van der Waals surface area contributed by atoms with Crippen molar-refractivity contribution in [1.82, 2.24) is 9.97 Å². The third kappa shape index (κ3) is 2.74. The molecule has 0 atom stereocenters. The van der Waals surface area contributed by atoms with Gasteiger partial charge in [-0.05, 0) is 37.1 Å². The van der Waals surface area contributed by atoms with E-state index in [-0.39, 0.29) is 5.69 Å². The Labute approximate surface area is 116 Å². The molecule has 98 valence electrons. The third-order valence-corrected chi connectivity index (χ3v) is 3.11. The summed E-state index contributed by atoms with van der Waals surface area (Å²) in [6.45, 7) is 3.87. The Bertz CT molecular complexity index is 641. The van der Waals surface area contributed by atoms with E-state index in [1.165, 1.54) is 7.11 Å². The molecule has 5 heteroatoms. The molecule has 0 fully saturated rings. The summed E-state index contributed by atoms with van der Waals surface area (Å²) in [6, 6.07) is 3.48. The van der Waals surface area contributed by atoms with Crippen molar-refractivity contribution in [2.24, 2.45) is 0 Å². The number of hydrogen-bond acceptors (Lipinski definition) is 4. The molecule has 0 saturated heterocycles. The molecule has 0 aromatic carbocycles. The van der Waals surface area contributed by atoms with Crippen molar-refractivity contribution in [3.8, 4) is 11.3 Å². The van der Waals surface area contributed by atoms with Crippen LogP contribution in [0.1, 0.15) is 21.6 Å². The topological polar surface area (TPSA) is 52.1 Å². The summed E-state index contributed by atoms with van der Waals surface area (Å²) in [5, 5.41) is 0.528. The first kappa shape index (κ1) is 13.5. The number of rotatable bonds is 2. The van der Waals surface area contributed by atoms with Crippen LogP contribution in [0.25, 0.3) is 11.3 Å². The van der Waals surface area contributed by atoms with Crippen molar-refractivity contribution >= 4 is 17.6 Å². The Hall–Kier alpha value is -1.94. The first-order valence-corrected chi connectivity index (χ1v) is 6.08. The Balaban J connectivity index is 2.62. The summed E-state index contributed by atoms with van der Waals surface area (Å²) in [5.74, 6) is -0.459. The van der Waals surface area contributed by atoms with Gasteiger partial charge < -0.3 is 4.74 Å². The Morgan fingerprint density at radius 3 is 2.63 bits per heavy atom. The molecule has 0 aliphatic heterocycles. The molecule has 0 N–H and O–H groups in total. The van der Waals surface area contributed by atoms with Gasteiger partial charge in [0.05, 0.1) is 17.8 Å². The molecule has 4 nitrogen and oxygen atoms in total. The van der Waals surface area contributed by atoms with Gasteiger partial charge in [0.15, 0.2) is 0 Å². The first-order valence-electron chi connectivity index (χ1n) is 5.70. The van der Waals surface area contributed by atoms with Crippen LogP contribution >= 0.6 is 11.6 Å². The molecule has 0 spiro atoms. The normalized spacial score (nSPS) is 10.3. The standard InChI is InChI=1S/C14H13ClN2O2/c1-8-4-12(14(18)19-3)17-13(9(8)2)10-5-11(15)7-16-6-10/h4-7H,1-3H3. The Morgan fingerprint density at radius 2 is 2.00 bits per heavy atom. The quantitative estimate of drug-likeness (QED) is 0.791. The number of pyridine rings is 2. The van der Waals surface area contributed by atoms with Gasteiger partial charge in [-0.2, -0.15) is 0 Å². The zero-order valence-electron chi connectivity index (χ0n) is 10.9. The number of nitrogens with zero attached hydrogens (tertiary/aromatic N) is 2. The highest BCUT2D eigenvalue weighted by atomic mass is 35.5. The molecule has 2 rings (SSSR count). The van der Waals surface area contributed by atoms with E-state index in [1.54, 1.807) is 24.5 Å². The highest BCUT2D eigenvalue weighted by Gasteiger charge is 2.14. The van der Waals surface area contributed by atoms with Crippen molar-refractivity contribution in [3.05, 3.63) is 46.4 Å². The molecule has 2 heterocycles. The molecule has 0 aliphatic rings. The SMILES string of the molecule is COC(=O)c1cc(C)c(C)c(-c2cncc(Cl)c2)n1. The van der Waals surface area contributed by atoms with Gasteiger partial charge in [0.2, 0.25) is 0 Å². The highest BCUT2D eigenvalue weighted by Crippen LogP contribution is 2.25. The minimum Gasteiger partial charge on any atom is -0.464 e. The van der Waals surface area contributed by atoms with E-state index in [0.717, 1.165) is 16.7 Å². The van der Waals surface area contributed by atoms with Crippen LogP contribution in [0.4, 0.5) is 0 Å². The van der Waals surface area contributed by atoms with E-state index < -0.39 is 5.97 Å². The van der Waals surface area contributed by atoms with Crippen LogP contribution < -0.4 is 0 Å². The fraction of sp³-hybridized carbons (Fsp3) is 0.214. The highest BCUT2D eigenvalue weighted by molar-refractivity contribution is 6.30. The van der Waals surface area contributed by atoms with Gasteiger partial charge in [-0.25, -0.2) is 9.78 Å². The van der Waals surface area contributed by atoms with Gasteiger partial charge in [-0.15, -0.1) is 0 Å². The molecule has 0 bridgehead atoms. The molecular formula is C14H13ClN2O2. The molecule has 0 aliphatic carbocycles. The van der Waals surface area contributed by atoms with E-state index >= 15 is 0 Å². The zero-order chi connectivity index (χ0) is 14.0. The molecule has 0 amide bonds. The molecule has 0 unspecified atom stereocenters. The second-order valence-electron chi connectivity index (χ2n) is 4.18. The van der Waals surface area contributed by atoms with Crippen LogP contribution in [0, 0.1) is 13.8 Å². The van der Waals surface area contributed by atoms with E-state index in [4.69, 9.17) is 16.3 Å². The second kappa shape index (κ2) is 5.36. The van der Waals surface area contributed by atoms with Crippen LogP contribution in [-0.4, -0.2) is 23.0 Å². The number of methoxy groups -OCH3 is 1. The smallest absolute Gasteiger partial charge is 0.356 e. The van der Waals surface area contributed by atoms with Gasteiger partial charge in [-0.1, -0.05) is 11.6 Å². The number of esters is 1. The van der Waals surface area contributed by atoms with E-state index in [0.29, 0.717) is 10.7 Å². The van der Waals surface area contributed by atoms with Crippen LogP contribution in [0.3, 0.4) is 0 Å². The minimum atomic E-state index is -0.459. The van der Waals surface area contributed by atoms with Crippen LogP contribution in [0.5, 0.6) is 0 Å². The van der Waals surface area contributed by atoms with Crippen molar-refractivity contribution in [2.45, 2.75) is 13.8 Å². The number of aromatic nitrogens is 2. The van der Waals surface area contributed by atoms with Crippen molar-refractivity contribution in [3.63, 3.8) is 0 Å². The lowest BCUT2D eigenvalue weighted by atomic mass is 10.0. The molecular weight excluding hydrogens is 264 g/mol. The van der Waals surface area contributed by atoms with Crippen LogP contribution in [0.15, 0.2) is 24.5 Å². The monoisotopic (exact) mass is 276 g/mol. The van der Waals surface area contributed by atoms with Crippen LogP contribution in [0.2, 0.25) is 5.02 Å². The lowest BCUT2D eigenvalue weighted by Crippen LogP contribution is -2.07. The fourth-order valence-electron chi connectivity index (χ4n) is 1.77. The number of aryl methyl sites for hydroxylation is 1. The predicted octanol–water partition coefficient (Wildman–Crippen LogP) is 3.20. The Kier molecular flexibility index (Phi) is 3.81. The van der Waals surface area contributed by atoms with Gasteiger partial charge in [0.25, 0.3) is 0 Å². The lowest BCUT2D eigenvalue weighted by molar-refractivity contribution is 0.0594. The summed E-state index contributed by atoms with van der Waals surface area (Å²) in [5.41, 5.74) is 3.69. The van der Waals surface area contributed by atoms with Crippen molar-refractivity contribution < 1.29 is 9.53 Å². The zero-order valence-corrected chi connectivity index (χ0v) is 11.7.